The van der Waals surface area contributed by atoms with E-state index in [1.807, 2.05) is 24.3 Å². The smallest absolute Gasteiger partial charge is 0.213 e. The number of nitrogens with zero attached hydrogens (tertiary/aromatic N) is 1. The highest BCUT2D eigenvalue weighted by Gasteiger charge is 2.31. The second kappa shape index (κ2) is 5.49. The molecule has 1 heterocycles. The molecule has 20 heavy (non-hydrogen) atoms. The van der Waals surface area contributed by atoms with E-state index in [0.717, 1.165) is 24.1 Å². The molecular formula is C16H17FN2O. The standard InChI is InChI=1S/C16H17FN2O/c1-20-16-7-6-12(10-18-16)19-13-8-11(9-13)14-4-2-3-5-15(14)17/h2-7,10-11,13,19H,8-9H2,1H3. The average Bonchev–Trinajstić information content (AvgIpc) is 2.44. The molecule has 1 saturated carbocycles. The van der Waals surface area contributed by atoms with E-state index in [0.29, 0.717) is 17.8 Å². The van der Waals surface area contributed by atoms with Gasteiger partial charge in [0.2, 0.25) is 5.88 Å². The fraction of sp³-hybridized carbons (Fsp3) is 0.312. The molecule has 0 unspecified atom stereocenters. The van der Waals surface area contributed by atoms with Crippen LogP contribution in [0.4, 0.5) is 10.1 Å². The zero-order valence-electron chi connectivity index (χ0n) is 11.3. The lowest BCUT2D eigenvalue weighted by Gasteiger charge is -2.36. The van der Waals surface area contributed by atoms with Gasteiger partial charge >= 0.3 is 0 Å². The first-order chi connectivity index (χ1) is 9.76. The Hall–Kier alpha value is -2.10. The molecule has 3 nitrogen and oxygen atoms in total. The SMILES string of the molecule is COc1ccc(NC2CC(c3ccccc3F)C2)cn1. The number of pyridine rings is 1. The minimum atomic E-state index is -0.0953. The molecule has 4 heteroatoms. The zero-order valence-corrected chi connectivity index (χ0v) is 11.3. The van der Waals surface area contributed by atoms with Gasteiger partial charge in [0.05, 0.1) is 19.0 Å². The summed E-state index contributed by atoms with van der Waals surface area (Å²) in [7, 11) is 1.60. The largest absolute Gasteiger partial charge is 0.481 e. The van der Waals surface area contributed by atoms with Gasteiger partial charge in [0.25, 0.3) is 0 Å². The molecule has 0 saturated heterocycles. The van der Waals surface area contributed by atoms with E-state index >= 15 is 0 Å². The van der Waals surface area contributed by atoms with Crippen molar-refractivity contribution in [3.05, 3.63) is 54.0 Å². The number of aromatic nitrogens is 1. The number of hydrogen-bond acceptors (Lipinski definition) is 3. The van der Waals surface area contributed by atoms with Gasteiger partial charge in [-0.3, -0.25) is 0 Å². The van der Waals surface area contributed by atoms with Gasteiger partial charge in [0, 0.05) is 12.1 Å². The predicted molar refractivity (Wildman–Crippen MR) is 76.6 cm³/mol. The van der Waals surface area contributed by atoms with E-state index in [4.69, 9.17) is 4.74 Å². The molecule has 1 aliphatic rings. The maximum Gasteiger partial charge on any atom is 0.213 e. The molecule has 1 fully saturated rings. The summed E-state index contributed by atoms with van der Waals surface area (Å²) in [5.74, 6) is 0.829. The topological polar surface area (TPSA) is 34.1 Å². The van der Waals surface area contributed by atoms with Crippen molar-refractivity contribution >= 4 is 5.69 Å². The molecule has 1 N–H and O–H groups in total. The van der Waals surface area contributed by atoms with Gasteiger partial charge in [0.1, 0.15) is 5.82 Å². The zero-order chi connectivity index (χ0) is 13.9. The van der Waals surface area contributed by atoms with Crippen LogP contribution < -0.4 is 10.1 Å². The Kier molecular flexibility index (Phi) is 3.54. The molecular weight excluding hydrogens is 255 g/mol. The molecule has 0 atom stereocenters. The first-order valence-corrected chi connectivity index (χ1v) is 6.77. The van der Waals surface area contributed by atoms with Crippen molar-refractivity contribution in [2.24, 2.45) is 0 Å². The van der Waals surface area contributed by atoms with Crippen molar-refractivity contribution in [3.63, 3.8) is 0 Å². The summed E-state index contributed by atoms with van der Waals surface area (Å²) in [4.78, 5) is 4.16. The maximum absolute atomic E-state index is 13.7. The minimum Gasteiger partial charge on any atom is -0.481 e. The molecule has 3 rings (SSSR count). The Morgan fingerprint density at radius 2 is 2.00 bits per heavy atom. The Bertz CT molecular complexity index is 579. The fourth-order valence-electron chi connectivity index (χ4n) is 2.62. The van der Waals surface area contributed by atoms with Gasteiger partial charge < -0.3 is 10.1 Å². The van der Waals surface area contributed by atoms with Crippen LogP contribution >= 0.6 is 0 Å². The summed E-state index contributed by atoms with van der Waals surface area (Å²) >= 11 is 0. The van der Waals surface area contributed by atoms with Crippen molar-refractivity contribution in [1.82, 2.24) is 4.98 Å². The lowest BCUT2D eigenvalue weighted by atomic mass is 9.75. The Morgan fingerprint density at radius 3 is 2.65 bits per heavy atom. The third kappa shape index (κ3) is 2.59. The van der Waals surface area contributed by atoms with Crippen LogP contribution in [0.1, 0.15) is 24.3 Å². The van der Waals surface area contributed by atoms with Crippen LogP contribution in [0.2, 0.25) is 0 Å². The molecule has 0 bridgehead atoms. The highest BCUT2D eigenvalue weighted by atomic mass is 19.1. The number of hydrogen-bond donors (Lipinski definition) is 1. The maximum atomic E-state index is 13.7. The summed E-state index contributed by atoms with van der Waals surface area (Å²) in [5.41, 5.74) is 1.81. The van der Waals surface area contributed by atoms with Gasteiger partial charge in [-0.2, -0.15) is 0 Å². The van der Waals surface area contributed by atoms with Crippen LogP contribution in [0.3, 0.4) is 0 Å². The van der Waals surface area contributed by atoms with E-state index in [9.17, 15) is 4.39 Å². The lowest BCUT2D eigenvalue weighted by Crippen LogP contribution is -2.34. The quantitative estimate of drug-likeness (QED) is 0.923. The van der Waals surface area contributed by atoms with Crippen LogP contribution in [-0.4, -0.2) is 18.1 Å². The number of anilines is 1. The van der Waals surface area contributed by atoms with E-state index in [-0.39, 0.29) is 5.82 Å². The van der Waals surface area contributed by atoms with Crippen LogP contribution in [0.5, 0.6) is 5.88 Å². The molecule has 0 radical (unpaired) electrons. The highest BCUT2D eigenvalue weighted by molar-refractivity contribution is 5.44. The number of nitrogens with one attached hydrogen (secondary N) is 1. The van der Waals surface area contributed by atoms with Gasteiger partial charge in [-0.05, 0) is 36.5 Å². The molecule has 2 aromatic rings. The summed E-state index contributed by atoms with van der Waals surface area (Å²) in [5, 5.41) is 3.41. The number of ether oxygens (including phenoxy) is 1. The van der Waals surface area contributed by atoms with Crippen LogP contribution in [0.15, 0.2) is 42.6 Å². The van der Waals surface area contributed by atoms with Gasteiger partial charge in [-0.1, -0.05) is 18.2 Å². The molecule has 0 amide bonds. The Balaban J connectivity index is 1.56. The van der Waals surface area contributed by atoms with Crippen molar-refractivity contribution in [3.8, 4) is 5.88 Å². The fourth-order valence-corrected chi connectivity index (χ4v) is 2.62. The summed E-state index contributed by atoms with van der Waals surface area (Å²) in [6.07, 6.45) is 3.66. The second-order valence-corrected chi connectivity index (χ2v) is 5.12. The molecule has 1 aromatic heterocycles. The van der Waals surface area contributed by atoms with Crippen molar-refractivity contribution in [2.75, 3.05) is 12.4 Å². The van der Waals surface area contributed by atoms with E-state index < -0.39 is 0 Å². The first kappa shape index (κ1) is 12.9. The van der Waals surface area contributed by atoms with E-state index in [1.165, 1.54) is 6.07 Å². The third-order valence-electron chi connectivity index (χ3n) is 3.80. The van der Waals surface area contributed by atoms with Gasteiger partial charge in [0.15, 0.2) is 0 Å². The highest BCUT2D eigenvalue weighted by Crippen LogP contribution is 2.39. The van der Waals surface area contributed by atoms with Crippen molar-refractivity contribution in [1.29, 1.82) is 0 Å². The first-order valence-electron chi connectivity index (χ1n) is 6.77. The predicted octanol–water partition coefficient (Wildman–Crippen LogP) is 3.59. The van der Waals surface area contributed by atoms with E-state index in [1.54, 1.807) is 19.4 Å². The number of halogens is 1. The van der Waals surface area contributed by atoms with Crippen LogP contribution in [0, 0.1) is 5.82 Å². The molecule has 1 aromatic carbocycles. The molecule has 1 aliphatic carbocycles. The third-order valence-corrected chi connectivity index (χ3v) is 3.80. The molecule has 104 valence electrons. The summed E-state index contributed by atoms with van der Waals surface area (Å²) < 4.78 is 18.7. The lowest BCUT2D eigenvalue weighted by molar-refractivity contribution is 0.363. The van der Waals surface area contributed by atoms with Crippen LogP contribution in [0.25, 0.3) is 0 Å². The number of benzene rings is 1. The number of rotatable bonds is 4. The van der Waals surface area contributed by atoms with Crippen molar-refractivity contribution < 1.29 is 9.13 Å². The van der Waals surface area contributed by atoms with E-state index in [2.05, 4.69) is 10.3 Å². The average molecular weight is 272 g/mol. The summed E-state index contributed by atoms with van der Waals surface area (Å²) in [6, 6.07) is 11.2. The molecule has 0 aliphatic heterocycles. The number of methoxy groups -OCH3 is 1. The normalized spacial score (nSPS) is 21.1. The molecule has 0 spiro atoms. The monoisotopic (exact) mass is 272 g/mol. The Morgan fingerprint density at radius 1 is 1.20 bits per heavy atom. The van der Waals surface area contributed by atoms with Crippen LogP contribution in [-0.2, 0) is 0 Å². The minimum absolute atomic E-state index is 0.0953. The van der Waals surface area contributed by atoms with Gasteiger partial charge in [-0.25, -0.2) is 9.37 Å². The second-order valence-electron chi connectivity index (χ2n) is 5.12. The van der Waals surface area contributed by atoms with Gasteiger partial charge in [-0.15, -0.1) is 0 Å². The van der Waals surface area contributed by atoms with Crippen molar-refractivity contribution in [2.45, 2.75) is 24.8 Å². The Labute approximate surface area is 117 Å². The summed E-state index contributed by atoms with van der Waals surface area (Å²) in [6.45, 7) is 0.